The van der Waals surface area contributed by atoms with E-state index >= 15 is 0 Å². The molecule has 0 fully saturated rings. The van der Waals surface area contributed by atoms with E-state index in [2.05, 4.69) is 0 Å². The number of benzene rings is 2. The molecule has 2 N–H and O–H groups in total. The maximum absolute atomic E-state index is 11.7. The van der Waals surface area contributed by atoms with E-state index in [0.29, 0.717) is 16.9 Å². The number of aliphatic carboxylic acids is 1. The van der Waals surface area contributed by atoms with Gasteiger partial charge in [-0.05, 0) is 29.8 Å². The third-order valence-electron chi connectivity index (χ3n) is 3.44. The molecule has 0 amide bonds. The van der Waals surface area contributed by atoms with Crippen LogP contribution in [0.1, 0.15) is 11.1 Å². The van der Waals surface area contributed by atoms with E-state index in [-0.39, 0.29) is 22.8 Å². The van der Waals surface area contributed by atoms with Gasteiger partial charge in [-0.3, -0.25) is 0 Å². The quantitative estimate of drug-likeness (QED) is 0.625. The van der Waals surface area contributed by atoms with Gasteiger partial charge in [-0.15, -0.1) is 0 Å². The molecule has 0 radical (unpaired) electrons. The highest BCUT2D eigenvalue weighted by atomic mass is 16.5. The van der Waals surface area contributed by atoms with E-state index in [0.717, 1.165) is 0 Å². The Morgan fingerprint density at radius 2 is 1.50 bits per heavy atom. The lowest BCUT2D eigenvalue weighted by Crippen LogP contribution is -2.02. The summed E-state index contributed by atoms with van der Waals surface area (Å²) in [6, 6.07) is 9.88. The molecule has 0 aliphatic rings. The standard InChI is InChI=1S/C18H18O6/c1-22-14-7-5-4-6-12(14)13(18(20)21)8-11-9-15(23-2)17(19)16(10-11)24-3/h4-10,19H,1-3H3,(H,20,21)/b13-8-. The van der Waals surface area contributed by atoms with Crippen molar-refractivity contribution < 1.29 is 29.2 Å². The van der Waals surface area contributed by atoms with E-state index < -0.39 is 5.97 Å². The number of rotatable bonds is 6. The van der Waals surface area contributed by atoms with Crippen molar-refractivity contribution in [1.29, 1.82) is 0 Å². The van der Waals surface area contributed by atoms with Crippen LogP contribution in [0.4, 0.5) is 0 Å². The molecule has 0 bridgehead atoms. The van der Waals surface area contributed by atoms with Gasteiger partial charge in [0.1, 0.15) is 5.75 Å². The molecule has 2 aromatic rings. The molecule has 0 saturated heterocycles. The topological polar surface area (TPSA) is 85.2 Å². The normalized spacial score (nSPS) is 11.0. The zero-order valence-corrected chi connectivity index (χ0v) is 13.6. The van der Waals surface area contributed by atoms with Crippen molar-refractivity contribution >= 4 is 17.6 Å². The number of ether oxygens (including phenoxy) is 3. The van der Waals surface area contributed by atoms with Crippen molar-refractivity contribution in [3.63, 3.8) is 0 Å². The smallest absolute Gasteiger partial charge is 0.336 e. The average molecular weight is 330 g/mol. The third kappa shape index (κ3) is 3.43. The van der Waals surface area contributed by atoms with Crippen molar-refractivity contribution in [3.05, 3.63) is 47.5 Å². The summed E-state index contributed by atoms with van der Waals surface area (Å²) in [5, 5.41) is 19.5. The zero-order valence-electron chi connectivity index (χ0n) is 13.6. The van der Waals surface area contributed by atoms with Gasteiger partial charge < -0.3 is 24.4 Å². The monoisotopic (exact) mass is 330 g/mol. The molecular formula is C18H18O6. The van der Waals surface area contributed by atoms with E-state index in [1.807, 2.05) is 0 Å². The fraction of sp³-hybridized carbons (Fsp3) is 0.167. The number of carbonyl (C=O) groups is 1. The number of phenols is 1. The third-order valence-corrected chi connectivity index (χ3v) is 3.44. The summed E-state index contributed by atoms with van der Waals surface area (Å²) in [4.78, 5) is 11.7. The van der Waals surface area contributed by atoms with Crippen molar-refractivity contribution in [2.75, 3.05) is 21.3 Å². The molecule has 0 aliphatic heterocycles. The van der Waals surface area contributed by atoms with Crippen molar-refractivity contribution in [2.45, 2.75) is 0 Å². The molecule has 0 aliphatic carbocycles. The van der Waals surface area contributed by atoms with Crippen LogP contribution in [-0.2, 0) is 4.79 Å². The minimum absolute atomic E-state index is 0.0437. The van der Waals surface area contributed by atoms with E-state index in [9.17, 15) is 15.0 Å². The number of para-hydroxylation sites is 1. The molecule has 24 heavy (non-hydrogen) atoms. The number of carboxylic acid groups (broad SMARTS) is 1. The molecule has 0 heterocycles. The van der Waals surface area contributed by atoms with Gasteiger partial charge in [0.05, 0.1) is 26.9 Å². The predicted octanol–water partition coefficient (Wildman–Crippen LogP) is 3.04. The first kappa shape index (κ1) is 17.2. The van der Waals surface area contributed by atoms with E-state index in [1.165, 1.54) is 39.5 Å². The average Bonchev–Trinajstić information content (AvgIpc) is 2.60. The highest BCUT2D eigenvalue weighted by molar-refractivity contribution is 6.21. The van der Waals surface area contributed by atoms with Gasteiger partial charge in [0.25, 0.3) is 0 Å². The first-order chi connectivity index (χ1) is 11.5. The van der Waals surface area contributed by atoms with Crippen LogP contribution in [0.5, 0.6) is 23.0 Å². The molecule has 6 nitrogen and oxygen atoms in total. The van der Waals surface area contributed by atoms with Gasteiger partial charge in [0, 0.05) is 5.56 Å². The fourth-order valence-corrected chi connectivity index (χ4v) is 2.29. The number of carboxylic acids is 1. The summed E-state index contributed by atoms with van der Waals surface area (Å²) >= 11 is 0. The molecule has 2 rings (SSSR count). The summed E-state index contributed by atoms with van der Waals surface area (Å²) in [5.41, 5.74) is 0.991. The van der Waals surface area contributed by atoms with Crippen LogP contribution in [0, 0.1) is 0 Å². The van der Waals surface area contributed by atoms with Crippen LogP contribution in [-0.4, -0.2) is 37.5 Å². The minimum atomic E-state index is -1.11. The lowest BCUT2D eigenvalue weighted by Gasteiger charge is -2.11. The van der Waals surface area contributed by atoms with Gasteiger partial charge in [-0.2, -0.15) is 0 Å². The SMILES string of the molecule is COc1ccccc1/C(=C/c1cc(OC)c(O)c(OC)c1)C(=O)O. The summed E-state index contributed by atoms with van der Waals surface area (Å²) in [7, 11) is 4.28. The summed E-state index contributed by atoms with van der Waals surface area (Å²) in [6.45, 7) is 0. The first-order valence-electron chi connectivity index (χ1n) is 7.05. The van der Waals surface area contributed by atoms with Gasteiger partial charge in [0.2, 0.25) is 5.75 Å². The number of aromatic hydroxyl groups is 1. The molecule has 126 valence electrons. The Morgan fingerprint density at radius 1 is 0.958 bits per heavy atom. The molecule has 0 atom stereocenters. The lowest BCUT2D eigenvalue weighted by atomic mass is 10.0. The zero-order chi connectivity index (χ0) is 17.7. The van der Waals surface area contributed by atoms with Crippen molar-refractivity contribution in [3.8, 4) is 23.0 Å². The summed E-state index contributed by atoms with van der Waals surface area (Å²) in [5.74, 6) is -0.434. The molecule has 6 heteroatoms. The highest BCUT2D eigenvalue weighted by Gasteiger charge is 2.17. The van der Waals surface area contributed by atoms with Crippen LogP contribution >= 0.6 is 0 Å². The van der Waals surface area contributed by atoms with Crippen LogP contribution in [0.2, 0.25) is 0 Å². The molecule has 0 spiro atoms. The fourth-order valence-electron chi connectivity index (χ4n) is 2.29. The van der Waals surface area contributed by atoms with Gasteiger partial charge in [-0.1, -0.05) is 18.2 Å². The second kappa shape index (κ2) is 7.41. The first-order valence-corrected chi connectivity index (χ1v) is 7.05. The molecule has 2 aromatic carbocycles. The summed E-state index contributed by atoms with van der Waals surface area (Å²) < 4.78 is 15.4. The van der Waals surface area contributed by atoms with Gasteiger partial charge in [-0.25, -0.2) is 4.79 Å². The Morgan fingerprint density at radius 3 is 2.00 bits per heavy atom. The van der Waals surface area contributed by atoms with Gasteiger partial charge >= 0.3 is 5.97 Å². The molecule has 0 unspecified atom stereocenters. The Kier molecular flexibility index (Phi) is 5.31. The Labute approximate surface area is 139 Å². The van der Waals surface area contributed by atoms with Crippen LogP contribution in [0.3, 0.4) is 0 Å². The highest BCUT2D eigenvalue weighted by Crippen LogP contribution is 2.38. The largest absolute Gasteiger partial charge is 0.502 e. The molecule has 0 aromatic heterocycles. The minimum Gasteiger partial charge on any atom is -0.502 e. The van der Waals surface area contributed by atoms with E-state index in [1.54, 1.807) is 24.3 Å². The maximum atomic E-state index is 11.7. The van der Waals surface area contributed by atoms with E-state index in [4.69, 9.17) is 14.2 Å². The molecular weight excluding hydrogens is 312 g/mol. The second-order valence-corrected chi connectivity index (χ2v) is 4.84. The number of phenolic OH excluding ortho intramolecular Hbond substituents is 1. The number of hydrogen-bond donors (Lipinski definition) is 2. The Hall–Kier alpha value is -3.15. The van der Waals surface area contributed by atoms with Crippen LogP contribution in [0.25, 0.3) is 11.6 Å². The summed E-state index contributed by atoms with van der Waals surface area (Å²) in [6.07, 6.45) is 1.46. The Balaban J connectivity index is 2.63. The van der Waals surface area contributed by atoms with Gasteiger partial charge in [0.15, 0.2) is 11.5 Å². The number of hydrogen-bond acceptors (Lipinski definition) is 5. The maximum Gasteiger partial charge on any atom is 0.336 e. The number of methoxy groups -OCH3 is 3. The lowest BCUT2D eigenvalue weighted by molar-refractivity contribution is -0.130. The van der Waals surface area contributed by atoms with Crippen LogP contribution in [0.15, 0.2) is 36.4 Å². The van der Waals surface area contributed by atoms with Crippen molar-refractivity contribution in [1.82, 2.24) is 0 Å². The Bertz CT molecular complexity index is 754. The molecule has 0 saturated carbocycles. The predicted molar refractivity (Wildman–Crippen MR) is 89.7 cm³/mol. The van der Waals surface area contributed by atoms with Crippen LogP contribution < -0.4 is 14.2 Å². The second-order valence-electron chi connectivity index (χ2n) is 4.84. The van der Waals surface area contributed by atoms with Crippen molar-refractivity contribution in [2.24, 2.45) is 0 Å².